The number of esters is 1. The Bertz CT molecular complexity index is 1400. The minimum Gasteiger partial charge on any atom is -0.466 e. The number of benzene rings is 3. The molecule has 9 nitrogen and oxygen atoms in total. The summed E-state index contributed by atoms with van der Waals surface area (Å²) in [5, 5.41) is 5.30. The van der Waals surface area contributed by atoms with Gasteiger partial charge in [-0.15, -0.1) is 0 Å². The highest BCUT2D eigenvalue weighted by molar-refractivity contribution is 7.87. The molecular formula is C28H28N2O7S. The number of carbonyl (C=O) groups excluding carboxylic acids is 3. The number of aryl methyl sites for hydroxylation is 1. The van der Waals surface area contributed by atoms with Crippen LogP contribution in [-0.2, 0) is 24.4 Å². The molecule has 3 aromatic carbocycles. The van der Waals surface area contributed by atoms with Crippen molar-refractivity contribution in [2.75, 3.05) is 13.2 Å². The third-order valence-corrected chi connectivity index (χ3v) is 6.41. The Morgan fingerprint density at radius 2 is 1.55 bits per heavy atom. The van der Waals surface area contributed by atoms with Crippen molar-refractivity contribution in [3.8, 4) is 5.75 Å². The van der Waals surface area contributed by atoms with E-state index in [0.29, 0.717) is 17.5 Å². The van der Waals surface area contributed by atoms with Crippen LogP contribution in [0.25, 0.3) is 6.08 Å². The van der Waals surface area contributed by atoms with E-state index in [1.165, 1.54) is 37.3 Å². The Morgan fingerprint density at radius 3 is 2.18 bits per heavy atom. The maximum absolute atomic E-state index is 12.8. The lowest BCUT2D eigenvalue weighted by Gasteiger charge is -2.12. The van der Waals surface area contributed by atoms with Crippen LogP contribution in [0.15, 0.2) is 89.5 Å². The smallest absolute Gasteiger partial charge is 0.339 e. The second-order valence-corrected chi connectivity index (χ2v) is 9.79. The molecule has 0 aliphatic rings. The third kappa shape index (κ3) is 8.59. The SMILES string of the molecule is CC(=O)OCCCNC(=O)C(=Cc1ccc(OS(=O)(=O)c2ccc(C)cc2)cc1)NC(=O)c1ccccc1. The molecule has 0 fully saturated rings. The maximum atomic E-state index is 12.8. The van der Waals surface area contributed by atoms with Crippen LogP contribution in [0.5, 0.6) is 5.75 Å². The maximum Gasteiger partial charge on any atom is 0.339 e. The Morgan fingerprint density at radius 1 is 0.895 bits per heavy atom. The first-order valence-electron chi connectivity index (χ1n) is 11.7. The highest BCUT2D eigenvalue weighted by Gasteiger charge is 2.17. The van der Waals surface area contributed by atoms with Gasteiger partial charge in [0.2, 0.25) is 0 Å². The molecule has 2 amide bonds. The molecule has 0 saturated carbocycles. The van der Waals surface area contributed by atoms with Crippen molar-refractivity contribution in [3.05, 3.63) is 101 Å². The number of hydrogen-bond donors (Lipinski definition) is 2. The zero-order valence-electron chi connectivity index (χ0n) is 21.0. The average Bonchev–Trinajstić information content (AvgIpc) is 2.89. The summed E-state index contributed by atoms with van der Waals surface area (Å²) in [5.41, 5.74) is 1.78. The Hall–Kier alpha value is -4.44. The van der Waals surface area contributed by atoms with Gasteiger partial charge in [0, 0.05) is 19.0 Å². The molecule has 0 aliphatic heterocycles. The number of nitrogens with one attached hydrogen (secondary N) is 2. The predicted octanol–water partition coefficient (Wildman–Crippen LogP) is 3.60. The van der Waals surface area contributed by atoms with E-state index in [0.717, 1.165) is 5.56 Å². The van der Waals surface area contributed by atoms with Gasteiger partial charge in [0.1, 0.15) is 16.3 Å². The van der Waals surface area contributed by atoms with Crippen LogP contribution in [-0.4, -0.2) is 39.4 Å². The van der Waals surface area contributed by atoms with Crippen LogP contribution in [0.4, 0.5) is 0 Å². The molecule has 0 bridgehead atoms. The van der Waals surface area contributed by atoms with Crippen LogP contribution in [0.3, 0.4) is 0 Å². The van der Waals surface area contributed by atoms with Gasteiger partial charge in [-0.3, -0.25) is 14.4 Å². The molecule has 38 heavy (non-hydrogen) atoms. The summed E-state index contributed by atoms with van der Waals surface area (Å²) in [5.74, 6) is -1.34. The van der Waals surface area contributed by atoms with Crippen LogP contribution in [0, 0.1) is 6.92 Å². The van der Waals surface area contributed by atoms with Gasteiger partial charge in [0.05, 0.1) is 6.61 Å². The van der Waals surface area contributed by atoms with Crippen LogP contribution >= 0.6 is 0 Å². The second-order valence-electron chi connectivity index (χ2n) is 8.25. The molecule has 0 aliphatic carbocycles. The van der Waals surface area contributed by atoms with Gasteiger partial charge in [0.15, 0.2) is 0 Å². The highest BCUT2D eigenvalue weighted by atomic mass is 32.2. The quantitative estimate of drug-likeness (QED) is 0.166. The molecule has 10 heteroatoms. The first kappa shape index (κ1) is 28.1. The molecule has 0 unspecified atom stereocenters. The highest BCUT2D eigenvalue weighted by Crippen LogP contribution is 2.20. The van der Waals surface area contributed by atoms with E-state index in [9.17, 15) is 22.8 Å². The molecule has 0 radical (unpaired) electrons. The molecule has 3 rings (SSSR count). The summed E-state index contributed by atoms with van der Waals surface area (Å²) in [7, 11) is -4.01. The largest absolute Gasteiger partial charge is 0.466 e. The van der Waals surface area contributed by atoms with Gasteiger partial charge >= 0.3 is 16.1 Å². The van der Waals surface area contributed by atoms with Crippen LogP contribution in [0.1, 0.15) is 34.8 Å². The van der Waals surface area contributed by atoms with E-state index >= 15 is 0 Å². The van der Waals surface area contributed by atoms with Gasteiger partial charge in [-0.1, -0.05) is 48.0 Å². The van der Waals surface area contributed by atoms with E-state index in [1.807, 2.05) is 6.92 Å². The van der Waals surface area contributed by atoms with Crippen LogP contribution in [0.2, 0.25) is 0 Å². The van der Waals surface area contributed by atoms with Crippen molar-refractivity contribution in [2.24, 2.45) is 0 Å². The zero-order chi connectivity index (χ0) is 27.5. The number of rotatable bonds is 11. The first-order valence-corrected chi connectivity index (χ1v) is 13.2. The van der Waals surface area contributed by atoms with E-state index in [2.05, 4.69) is 10.6 Å². The minimum atomic E-state index is -4.01. The molecular weight excluding hydrogens is 508 g/mol. The molecule has 198 valence electrons. The second kappa shape index (κ2) is 13.2. The predicted molar refractivity (Wildman–Crippen MR) is 142 cm³/mol. The van der Waals surface area contributed by atoms with E-state index in [1.54, 1.807) is 54.6 Å². The van der Waals surface area contributed by atoms with Crippen molar-refractivity contribution in [1.82, 2.24) is 10.6 Å². The fraction of sp³-hybridized carbons (Fsp3) is 0.179. The lowest BCUT2D eigenvalue weighted by Crippen LogP contribution is -2.35. The topological polar surface area (TPSA) is 128 Å². The van der Waals surface area contributed by atoms with Crippen LogP contribution < -0.4 is 14.8 Å². The zero-order valence-corrected chi connectivity index (χ0v) is 21.8. The molecule has 0 spiro atoms. The Labute approximate surface area is 221 Å². The van der Waals surface area contributed by atoms with E-state index < -0.39 is 27.9 Å². The normalized spacial score (nSPS) is 11.4. The lowest BCUT2D eigenvalue weighted by molar-refractivity contribution is -0.141. The van der Waals surface area contributed by atoms with Gasteiger partial charge in [-0.2, -0.15) is 8.42 Å². The monoisotopic (exact) mass is 536 g/mol. The molecule has 0 aromatic heterocycles. The summed E-state index contributed by atoms with van der Waals surface area (Å²) < 4.78 is 35.2. The van der Waals surface area contributed by atoms with E-state index in [4.69, 9.17) is 8.92 Å². The number of carbonyl (C=O) groups is 3. The lowest BCUT2D eigenvalue weighted by atomic mass is 10.1. The number of ether oxygens (including phenoxy) is 1. The van der Waals surface area contributed by atoms with E-state index in [-0.39, 0.29) is 29.5 Å². The summed E-state index contributed by atoms with van der Waals surface area (Å²) in [6.07, 6.45) is 1.85. The first-order chi connectivity index (χ1) is 18.1. The van der Waals surface area contributed by atoms with Crippen molar-refractivity contribution < 1.29 is 31.7 Å². The number of amides is 2. The standard InChI is InChI=1S/C28H28N2O7S/c1-20-9-15-25(16-10-20)38(34,35)37-24-13-11-22(12-14-24)19-26(28(33)29-17-6-18-36-21(2)31)30-27(32)23-7-4-3-5-8-23/h3-5,7-16,19H,6,17-18H2,1-2H3,(H,29,33)(H,30,32). The Kier molecular flexibility index (Phi) is 9.78. The molecule has 0 heterocycles. The summed E-state index contributed by atoms with van der Waals surface area (Å²) in [6, 6.07) is 20.7. The third-order valence-electron chi connectivity index (χ3n) is 5.15. The molecule has 2 N–H and O–H groups in total. The van der Waals surface area contributed by atoms with Gasteiger partial charge in [0.25, 0.3) is 11.8 Å². The van der Waals surface area contributed by atoms with Crippen molar-refractivity contribution in [2.45, 2.75) is 25.2 Å². The average molecular weight is 537 g/mol. The van der Waals surface area contributed by atoms with Crippen molar-refractivity contribution >= 4 is 34.0 Å². The van der Waals surface area contributed by atoms with Crippen molar-refractivity contribution in [1.29, 1.82) is 0 Å². The fourth-order valence-electron chi connectivity index (χ4n) is 3.19. The summed E-state index contributed by atoms with van der Waals surface area (Å²) in [6.45, 7) is 3.52. The molecule has 0 atom stereocenters. The summed E-state index contributed by atoms with van der Waals surface area (Å²) >= 11 is 0. The van der Waals surface area contributed by atoms with Gasteiger partial charge < -0.3 is 19.6 Å². The Balaban J connectivity index is 1.75. The van der Waals surface area contributed by atoms with Gasteiger partial charge in [-0.05, 0) is 61.4 Å². The van der Waals surface area contributed by atoms with Crippen molar-refractivity contribution in [3.63, 3.8) is 0 Å². The summed E-state index contributed by atoms with van der Waals surface area (Å²) in [4.78, 5) is 36.4. The van der Waals surface area contributed by atoms with Gasteiger partial charge in [-0.25, -0.2) is 0 Å². The molecule has 3 aromatic rings. The minimum absolute atomic E-state index is 0.0210. The number of hydrogen-bond acceptors (Lipinski definition) is 7. The molecule has 0 saturated heterocycles. The fourth-order valence-corrected chi connectivity index (χ4v) is 4.12.